The molecular weight excluding hydrogens is 368 g/mol. The Balaban J connectivity index is 1.90. The fourth-order valence-electron chi connectivity index (χ4n) is 2.42. The van der Waals surface area contributed by atoms with Gasteiger partial charge in [-0.15, -0.1) is 0 Å². The van der Waals surface area contributed by atoms with Gasteiger partial charge in [-0.1, -0.05) is 18.4 Å². The highest BCUT2D eigenvalue weighted by Crippen LogP contribution is 2.23. The highest BCUT2D eigenvalue weighted by atomic mass is 19.1. The smallest absolute Gasteiger partial charge is 0.297 e. The number of carbonyl (C=O) groups excluding carboxylic acids is 1. The minimum atomic E-state index is -1.13. The maximum Gasteiger partial charge on any atom is 0.297 e. The summed E-state index contributed by atoms with van der Waals surface area (Å²) in [6, 6.07) is 4.64. The molecule has 1 atom stereocenters. The first-order valence-electron chi connectivity index (χ1n) is 8.41. The van der Waals surface area contributed by atoms with E-state index in [-0.39, 0.29) is 23.8 Å². The summed E-state index contributed by atoms with van der Waals surface area (Å²) in [7, 11) is 1.77. The summed E-state index contributed by atoms with van der Waals surface area (Å²) in [6.45, 7) is 0.989. The van der Waals surface area contributed by atoms with Crippen molar-refractivity contribution in [3.8, 4) is 0 Å². The molecule has 1 unspecified atom stereocenters. The van der Waals surface area contributed by atoms with Crippen molar-refractivity contribution in [1.82, 2.24) is 19.8 Å². The van der Waals surface area contributed by atoms with E-state index < -0.39 is 24.4 Å². The summed E-state index contributed by atoms with van der Waals surface area (Å²) in [5.74, 6) is -1.03. The standard InChI is InChI=1S/C17H18BFN5O4/c1-18-10-2-3-14(13(19)4-10)22-16-15(17(27)23-28-8-12(26)7-25)21-6-11-5-20-9-24(11)16/h2-6,9,12,22,25-26H,7-8H2,1H3,(H,23,27). The Morgan fingerprint density at radius 3 is 2.96 bits per heavy atom. The maximum absolute atomic E-state index is 14.4. The van der Waals surface area contributed by atoms with Crippen LogP contribution in [0.25, 0.3) is 5.52 Å². The molecule has 2 aromatic heterocycles. The molecule has 0 aliphatic carbocycles. The number of nitrogens with one attached hydrogen (secondary N) is 2. The van der Waals surface area contributed by atoms with E-state index in [4.69, 9.17) is 9.94 Å². The lowest BCUT2D eigenvalue weighted by Crippen LogP contribution is -2.31. The number of anilines is 2. The highest BCUT2D eigenvalue weighted by molar-refractivity contribution is 6.51. The molecule has 0 bridgehead atoms. The number of carbonyl (C=O) groups is 1. The van der Waals surface area contributed by atoms with Crippen LogP contribution in [-0.2, 0) is 4.84 Å². The van der Waals surface area contributed by atoms with Gasteiger partial charge in [0.2, 0.25) is 0 Å². The van der Waals surface area contributed by atoms with Gasteiger partial charge in [0, 0.05) is 0 Å². The number of aliphatic hydroxyl groups is 2. The molecule has 0 aliphatic heterocycles. The number of hydrogen-bond acceptors (Lipinski definition) is 7. The van der Waals surface area contributed by atoms with E-state index >= 15 is 0 Å². The van der Waals surface area contributed by atoms with E-state index in [1.165, 1.54) is 18.6 Å². The first-order valence-corrected chi connectivity index (χ1v) is 8.41. The average Bonchev–Trinajstić information content (AvgIpc) is 3.18. The molecule has 0 saturated heterocycles. The number of rotatable bonds is 8. The van der Waals surface area contributed by atoms with E-state index in [1.807, 2.05) is 0 Å². The lowest BCUT2D eigenvalue weighted by atomic mass is 9.73. The SMILES string of the molecule is C[B]c1ccc(Nc2c(C(=O)NOCC(O)CO)ncc3cncn23)c(F)c1. The molecule has 1 amide bonds. The Morgan fingerprint density at radius 2 is 2.25 bits per heavy atom. The minimum Gasteiger partial charge on any atom is -0.394 e. The van der Waals surface area contributed by atoms with Crippen LogP contribution in [0.4, 0.5) is 15.9 Å². The number of aliphatic hydroxyl groups excluding tert-OH is 2. The fourth-order valence-corrected chi connectivity index (χ4v) is 2.42. The fraction of sp³-hybridized carbons (Fsp3) is 0.235. The third kappa shape index (κ3) is 4.27. The van der Waals surface area contributed by atoms with Gasteiger partial charge in [-0.2, -0.15) is 0 Å². The minimum absolute atomic E-state index is 0.0745. The van der Waals surface area contributed by atoms with Crippen LogP contribution in [0.5, 0.6) is 0 Å². The molecule has 9 nitrogen and oxygen atoms in total. The molecule has 28 heavy (non-hydrogen) atoms. The molecule has 3 aromatic rings. The van der Waals surface area contributed by atoms with Gasteiger partial charge in [0.05, 0.1) is 30.2 Å². The lowest BCUT2D eigenvalue weighted by Gasteiger charge is -2.15. The summed E-state index contributed by atoms with van der Waals surface area (Å²) in [5, 5.41) is 20.9. The average molecular weight is 386 g/mol. The van der Waals surface area contributed by atoms with Crippen LogP contribution in [0.2, 0.25) is 6.82 Å². The van der Waals surface area contributed by atoms with Crippen LogP contribution in [0.1, 0.15) is 10.5 Å². The molecule has 4 N–H and O–H groups in total. The zero-order chi connectivity index (χ0) is 20.1. The maximum atomic E-state index is 14.4. The molecule has 0 spiro atoms. The van der Waals surface area contributed by atoms with Gasteiger partial charge < -0.3 is 15.5 Å². The molecule has 1 aromatic carbocycles. The van der Waals surface area contributed by atoms with Crippen molar-refractivity contribution in [2.45, 2.75) is 12.9 Å². The van der Waals surface area contributed by atoms with Crippen LogP contribution < -0.4 is 16.3 Å². The van der Waals surface area contributed by atoms with Gasteiger partial charge in [0.15, 0.2) is 5.69 Å². The Bertz CT molecular complexity index is 983. The van der Waals surface area contributed by atoms with Crippen LogP contribution in [-0.4, -0.2) is 57.1 Å². The second-order valence-corrected chi connectivity index (χ2v) is 5.88. The van der Waals surface area contributed by atoms with Gasteiger partial charge in [0.1, 0.15) is 38.0 Å². The van der Waals surface area contributed by atoms with E-state index in [0.29, 0.717) is 5.52 Å². The lowest BCUT2D eigenvalue weighted by molar-refractivity contribution is -0.0296. The van der Waals surface area contributed by atoms with Crippen molar-refractivity contribution in [3.05, 3.63) is 48.4 Å². The first kappa shape index (κ1) is 19.7. The first-order chi connectivity index (χ1) is 13.5. The van der Waals surface area contributed by atoms with Crippen molar-refractivity contribution < 1.29 is 24.2 Å². The van der Waals surface area contributed by atoms with Crippen molar-refractivity contribution >= 4 is 35.7 Å². The van der Waals surface area contributed by atoms with Crippen molar-refractivity contribution in [1.29, 1.82) is 0 Å². The Morgan fingerprint density at radius 1 is 1.43 bits per heavy atom. The highest BCUT2D eigenvalue weighted by Gasteiger charge is 2.19. The zero-order valence-corrected chi connectivity index (χ0v) is 15.0. The predicted molar refractivity (Wildman–Crippen MR) is 100 cm³/mol. The quantitative estimate of drug-likeness (QED) is 0.318. The summed E-state index contributed by atoms with van der Waals surface area (Å²) < 4.78 is 16.0. The molecular formula is C17H18BFN5O4. The largest absolute Gasteiger partial charge is 0.394 e. The van der Waals surface area contributed by atoms with E-state index in [2.05, 4.69) is 20.8 Å². The van der Waals surface area contributed by atoms with E-state index in [9.17, 15) is 14.3 Å². The van der Waals surface area contributed by atoms with E-state index in [1.54, 1.807) is 36.8 Å². The number of imidazole rings is 1. The Kier molecular flexibility index (Phi) is 6.19. The summed E-state index contributed by atoms with van der Waals surface area (Å²) in [5.41, 5.74) is 3.52. The van der Waals surface area contributed by atoms with Crippen molar-refractivity contribution in [2.75, 3.05) is 18.5 Å². The number of hydrogen-bond donors (Lipinski definition) is 4. The number of fused-ring (bicyclic) bond motifs is 1. The molecule has 11 heteroatoms. The van der Waals surface area contributed by atoms with Crippen LogP contribution >= 0.6 is 0 Å². The van der Waals surface area contributed by atoms with Crippen LogP contribution in [0.15, 0.2) is 36.9 Å². The third-order valence-corrected chi connectivity index (χ3v) is 3.90. The summed E-state index contributed by atoms with van der Waals surface area (Å²) in [6.07, 6.45) is 3.30. The number of halogens is 1. The summed E-state index contributed by atoms with van der Waals surface area (Å²) in [4.78, 5) is 25.4. The molecule has 2 heterocycles. The molecule has 0 fully saturated rings. The monoisotopic (exact) mass is 386 g/mol. The third-order valence-electron chi connectivity index (χ3n) is 3.90. The molecule has 3 rings (SSSR count). The van der Waals surface area contributed by atoms with Crippen LogP contribution in [0.3, 0.4) is 0 Å². The van der Waals surface area contributed by atoms with Crippen molar-refractivity contribution in [3.63, 3.8) is 0 Å². The van der Waals surface area contributed by atoms with Crippen molar-refractivity contribution in [2.24, 2.45) is 0 Å². The number of benzene rings is 1. The van der Waals surface area contributed by atoms with Gasteiger partial charge in [0.25, 0.3) is 5.91 Å². The Labute approximate surface area is 160 Å². The predicted octanol–water partition coefficient (Wildman–Crippen LogP) is 0.00420. The van der Waals surface area contributed by atoms with Gasteiger partial charge in [-0.25, -0.2) is 19.8 Å². The normalized spacial score (nSPS) is 12.0. The molecule has 0 aliphatic rings. The second kappa shape index (κ2) is 8.78. The molecule has 1 radical (unpaired) electrons. The van der Waals surface area contributed by atoms with Gasteiger partial charge >= 0.3 is 0 Å². The topological polar surface area (TPSA) is 121 Å². The number of aromatic nitrogens is 3. The zero-order valence-electron chi connectivity index (χ0n) is 15.0. The van der Waals surface area contributed by atoms with Gasteiger partial charge in [-0.3, -0.25) is 14.0 Å². The number of amides is 1. The van der Waals surface area contributed by atoms with Gasteiger partial charge in [-0.05, 0) is 12.1 Å². The van der Waals surface area contributed by atoms with E-state index in [0.717, 1.165) is 5.46 Å². The second-order valence-electron chi connectivity index (χ2n) is 5.88. The Hall–Kier alpha value is -3.02. The van der Waals surface area contributed by atoms with Crippen LogP contribution in [0, 0.1) is 5.82 Å². The number of hydroxylamine groups is 1. The molecule has 0 saturated carbocycles. The molecule has 145 valence electrons. The number of nitrogens with zero attached hydrogens (tertiary/aromatic N) is 3. The summed E-state index contributed by atoms with van der Waals surface area (Å²) >= 11 is 0.